The van der Waals surface area contributed by atoms with Gasteiger partial charge in [-0.25, -0.2) is 14.2 Å². The highest BCUT2D eigenvalue weighted by Gasteiger charge is 2.26. The molecule has 0 fully saturated rings. The van der Waals surface area contributed by atoms with Crippen molar-refractivity contribution >= 4 is 27.8 Å². The lowest BCUT2D eigenvalue weighted by molar-refractivity contribution is 0.0582. The Hall–Kier alpha value is -1.96. The van der Waals surface area contributed by atoms with Gasteiger partial charge >= 0.3 is 6.09 Å². The van der Waals surface area contributed by atoms with Crippen LogP contribution in [0, 0.1) is 5.95 Å². The van der Waals surface area contributed by atoms with E-state index in [2.05, 4.69) is 20.9 Å². The van der Waals surface area contributed by atoms with Gasteiger partial charge in [0.05, 0.1) is 17.6 Å². The molecule has 2 rings (SSSR count). The molecule has 5 nitrogen and oxygen atoms in total. The predicted octanol–water partition coefficient (Wildman–Crippen LogP) is 4.41. The van der Waals surface area contributed by atoms with Crippen molar-refractivity contribution in [3.8, 4) is 0 Å². The summed E-state index contributed by atoms with van der Waals surface area (Å²) >= 11 is 3.03. The smallest absolute Gasteiger partial charge is 0.416 e. The van der Waals surface area contributed by atoms with Crippen molar-refractivity contribution in [2.45, 2.75) is 26.4 Å². The highest BCUT2D eigenvalue weighted by Crippen LogP contribution is 2.23. The number of nitrogens with zero attached hydrogens (tertiary/aromatic N) is 3. The third-order valence-corrected chi connectivity index (χ3v) is 3.74. The molecule has 0 unspecified atom stereocenters. The number of likely N-dealkylation sites (N-methyl/N-ethyl adjacent to an activating group) is 1. The molecule has 0 aliphatic carbocycles. The van der Waals surface area contributed by atoms with Gasteiger partial charge in [-0.2, -0.15) is 4.39 Å². The van der Waals surface area contributed by atoms with E-state index in [1.54, 1.807) is 38.9 Å². The monoisotopic (exact) mass is 415 g/mol. The first kappa shape index (κ1) is 19.4. The largest absolute Gasteiger partial charge is 0.443 e. The maximum atomic E-state index is 13.8. The highest BCUT2D eigenvalue weighted by atomic mass is 79.9. The third kappa shape index (κ3) is 5.52. The summed E-state index contributed by atoms with van der Waals surface area (Å²) in [5.74, 6) is -0.987. The van der Waals surface area contributed by atoms with Gasteiger partial charge in [-0.15, -0.1) is 0 Å². The van der Waals surface area contributed by atoms with Crippen LogP contribution in [0.4, 0.5) is 19.4 Å². The molecule has 0 aromatic carbocycles. The summed E-state index contributed by atoms with van der Waals surface area (Å²) in [5, 5.41) is 0. The first-order chi connectivity index (χ1) is 11.5. The molecule has 0 saturated carbocycles. The summed E-state index contributed by atoms with van der Waals surface area (Å²) in [6, 6.07) is 2.94. The summed E-state index contributed by atoms with van der Waals surface area (Å²) in [6.45, 7) is 5.35. The van der Waals surface area contributed by atoms with Gasteiger partial charge < -0.3 is 9.64 Å². The summed E-state index contributed by atoms with van der Waals surface area (Å²) in [4.78, 5) is 19.2. The van der Waals surface area contributed by atoms with Crippen LogP contribution < -0.4 is 4.90 Å². The molecule has 2 heterocycles. The fourth-order valence-electron chi connectivity index (χ4n) is 2.23. The van der Waals surface area contributed by atoms with E-state index < -0.39 is 17.6 Å². The number of rotatable bonds is 3. The van der Waals surface area contributed by atoms with Crippen LogP contribution in [-0.4, -0.2) is 41.7 Å². The summed E-state index contributed by atoms with van der Waals surface area (Å²) in [7, 11) is 1.72. The van der Waals surface area contributed by atoms with E-state index in [1.807, 2.05) is 0 Å². The second kappa shape index (κ2) is 7.51. The number of carbonyl (C=O) groups is 1. The fourth-order valence-corrected chi connectivity index (χ4v) is 2.46. The molecule has 1 amide bonds. The van der Waals surface area contributed by atoms with Crippen LogP contribution in [0.1, 0.15) is 20.8 Å². The Labute approximate surface area is 154 Å². The molecule has 136 valence electrons. The van der Waals surface area contributed by atoms with Crippen molar-refractivity contribution < 1.29 is 18.3 Å². The molecule has 0 radical (unpaired) electrons. The molecule has 0 bridgehead atoms. The lowest BCUT2D eigenvalue weighted by Gasteiger charge is -2.28. The number of hydrogen-bond acceptors (Lipinski definition) is 4. The van der Waals surface area contributed by atoms with Crippen LogP contribution in [0.3, 0.4) is 0 Å². The average Bonchev–Trinajstić information content (AvgIpc) is 2.45. The van der Waals surface area contributed by atoms with Crippen molar-refractivity contribution in [3.63, 3.8) is 0 Å². The van der Waals surface area contributed by atoms with Crippen LogP contribution in [0.2, 0.25) is 0 Å². The number of carbonyl (C=O) groups excluding carboxylic acids is 1. The normalized spacial score (nSPS) is 14.8. The molecule has 1 aliphatic rings. The van der Waals surface area contributed by atoms with Crippen molar-refractivity contribution in [1.29, 1.82) is 0 Å². The van der Waals surface area contributed by atoms with Crippen molar-refractivity contribution in [2.24, 2.45) is 0 Å². The lowest BCUT2D eigenvalue weighted by atomic mass is 10.2. The minimum atomic E-state index is -0.748. The molecular weight excluding hydrogens is 396 g/mol. The molecule has 0 saturated heterocycles. The predicted molar refractivity (Wildman–Crippen MR) is 95.4 cm³/mol. The van der Waals surface area contributed by atoms with Crippen molar-refractivity contribution in [3.05, 3.63) is 46.2 Å². The van der Waals surface area contributed by atoms with E-state index in [0.29, 0.717) is 5.57 Å². The van der Waals surface area contributed by atoms with Crippen LogP contribution in [0.25, 0.3) is 0 Å². The topological polar surface area (TPSA) is 45.7 Å². The van der Waals surface area contributed by atoms with Gasteiger partial charge in [-0.05, 0) is 60.5 Å². The third-order valence-electron chi connectivity index (χ3n) is 3.15. The Balaban J connectivity index is 2.35. The first-order valence-electron chi connectivity index (χ1n) is 7.65. The standard InChI is InChI=1S/C17H20BrF2N3O2/c1-17(2,3)25-16(24)23(14-6-5-13(18)15(20)21-14)9-11-7-12(19)10-22(4)8-11/h5-8H,9-10H2,1-4H3. The van der Waals surface area contributed by atoms with Gasteiger partial charge in [0.2, 0.25) is 5.95 Å². The molecule has 1 aromatic rings. The van der Waals surface area contributed by atoms with Crippen LogP contribution in [0.15, 0.2) is 40.3 Å². The molecule has 1 aliphatic heterocycles. The van der Waals surface area contributed by atoms with Gasteiger partial charge in [0.1, 0.15) is 17.2 Å². The zero-order valence-electron chi connectivity index (χ0n) is 14.5. The number of aromatic nitrogens is 1. The maximum Gasteiger partial charge on any atom is 0.416 e. The zero-order chi connectivity index (χ0) is 18.8. The Morgan fingerprint density at radius 2 is 2.08 bits per heavy atom. The highest BCUT2D eigenvalue weighted by molar-refractivity contribution is 9.10. The summed E-state index contributed by atoms with van der Waals surface area (Å²) in [6.07, 6.45) is 2.38. The number of ether oxygens (including phenoxy) is 1. The van der Waals surface area contributed by atoms with Gasteiger partial charge in [-0.3, -0.25) is 4.90 Å². The fraction of sp³-hybridized carbons (Fsp3) is 0.412. The van der Waals surface area contributed by atoms with E-state index in [1.165, 1.54) is 23.1 Å². The van der Waals surface area contributed by atoms with Gasteiger partial charge in [0.15, 0.2) is 0 Å². The van der Waals surface area contributed by atoms with E-state index in [0.717, 1.165) is 0 Å². The van der Waals surface area contributed by atoms with Crippen molar-refractivity contribution in [2.75, 3.05) is 25.0 Å². The minimum Gasteiger partial charge on any atom is -0.443 e. The second-order valence-electron chi connectivity index (χ2n) is 6.72. The van der Waals surface area contributed by atoms with E-state index >= 15 is 0 Å². The quantitative estimate of drug-likeness (QED) is 0.685. The number of amides is 1. The van der Waals surface area contributed by atoms with Gasteiger partial charge in [0.25, 0.3) is 0 Å². The van der Waals surface area contributed by atoms with Crippen LogP contribution >= 0.6 is 15.9 Å². The maximum absolute atomic E-state index is 13.8. The van der Waals surface area contributed by atoms with E-state index in [9.17, 15) is 13.6 Å². The van der Waals surface area contributed by atoms with Crippen LogP contribution in [0.5, 0.6) is 0 Å². The number of anilines is 1. The molecule has 1 aromatic heterocycles. The van der Waals surface area contributed by atoms with E-state index in [4.69, 9.17) is 4.74 Å². The summed E-state index contributed by atoms with van der Waals surface area (Å²) in [5.41, 5.74) is -0.190. The Morgan fingerprint density at radius 1 is 1.40 bits per heavy atom. The lowest BCUT2D eigenvalue weighted by Crippen LogP contribution is -2.39. The van der Waals surface area contributed by atoms with Crippen LogP contribution in [-0.2, 0) is 4.74 Å². The van der Waals surface area contributed by atoms with Crippen molar-refractivity contribution in [1.82, 2.24) is 9.88 Å². The van der Waals surface area contributed by atoms with E-state index in [-0.39, 0.29) is 29.2 Å². The number of hydrogen-bond donors (Lipinski definition) is 0. The molecule has 0 N–H and O–H groups in total. The Kier molecular flexibility index (Phi) is 5.82. The molecule has 0 spiro atoms. The second-order valence-corrected chi connectivity index (χ2v) is 7.57. The van der Waals surface area contributed by atoms with Gasteiger partial charge in [-0.1, -0.05) is 0 Å². The number of pyridine rings is 1. The Bertz CT molecular complexity index is 729. The minimum absolute atomic E-state index is 0.000740. The average molecular weight is 416 g/mol. The van der Waals surface area contributed by atoms with Gasteiger partial charge in [0, 0.05) is 13.2 Å². The molecule has 0 atom stereocenters. The first-order valence-corrected chi connectivity index (χ1v) is 8.44. The zero-order valence-corrected chi connectivity index (χ0v) is 16.1. The molecular formula is C17H20BrF2N3O2. The molecule has 25 heavy (non-hydrogen) atoms. The number of halogens is 3. The SMILES string of the molecule is CN1C=C(CN(C(=O)OC(C)(C)C)c2ccc(Br)c(F)n2)C=C(F)C1. The summed E-state index contributed by atoms with van der Waals surface area (Å²) < 4.78 is 33.1. The Morgan fingerprint density at radius 3 is 2.64 bits per heavy atom. The molecule has 8 heteroatoms.